The van der Waals surface area contributed by atoms with Crippen molar-refractivity contribution in [2.45, 2.75) is 32.7 Å². The molecule has 1 aromatic carbocycles. The number of imidazole rings is 1. The van der Waals surface area contributed by atoms with Gasteiger partial charge in [-0.2, -0.15) is 0 Å². The molecule has 0 fully saturated rings. The zero-order valence-electron chi connectivity index (χ0n) is 12.0. The molecule has 0 radical (unpaired) electrons. The molecule has 5 heteroatoms. The molecule has 2 rings (SSSR count). The van der Waals surface area contributed by atoms with E-state index in [2.05, 4.69) is 16.5 Å². The summed E-state index contributed by atoms with van der Waals surface area (Å²) in [4.78, 5) is 4.65. The van der Waals surface area contributed by atoms with Crippen LogP contribution in [0.2, 0.25) is 0 Å². The van der Waals surface area contributed by atoms with Crippen LogP contribution in [0.25, 0.3) is 11.0 Å². The summed E-state index contributed by atoms with van der Waals surface area (Å²) < 4.78 is 7.70. The van der Waals surface area contributed by atoms with Crippen molar-refractivity contribution in [1.29, 1.82) is 0 Å². The van der Waals surface area contributed by atoms with E-state index in [4.69, 9.17) is 10.5 Å². The first-order chi connectivity index (χ1) is 9.80. The van der Waals surface area contributed by atoms with Crippen LogP contribution in [-0.2, 0) is 13.0 Å². The van der Waals surface area contributed by atoms with E-state index in [1.165, 1.54) is 0 Å². The lowest BCUT2D eigenvalue weighted by molar-refractivity contribution is 0.276. The van der Waals surface area contributed by atoms with Gasteiger partial charge >= 0.3 is 0 Å². The predicted octanol–water partition coefficient (Wildman–Crippen LogP) is 1.71. The predicted molar refractivity (Wildman–Crippen MR) is 80.0 cm³/mol. The van der Waals surface area contributed by atoms with Crippen molar-refractivity contribution in [3.63, 3.8) is 0 Å². The third-order valence-electron chi connectivity index (χ3n) is 3.20. The lowest BCUT2D eigenvalue weighted by Crippen LogP contribution is -2.09. The number of aliphatic hydroxyl groups is 1. The molecule has 0 bridgehead atoms. The van der Waals surface area contributed by atoms with Gasteiger partial charge in [0.25, 0.3) is 0 Å². The fourth-order valence-corrected chi connectivity index (χ4v) is 2.27. The van der Waals surface area contributed by atoms with Crippen molar-refractivity contribution in [1.82, 2.24) is 9.55 Å². The van der Waals surface area contributed by atoms with Gasteiger partial charge < -0.3 is 20.1 Å². The molecular formula is C15H23N3O2. The summed E-state index contributed by atoms with van der Waals surface area (Å²) in [5.41, 5.74) is 7.52. The van der Waals surface area contributed by atoms with E-state index in [1.54, 1.807) is 0 Å². The number of aromatic nitrogens is 2. The molecule has 0 aliphatic carbocycles. The summed E-state index contributed by atoms with van der Waals surface area (Å²) in [6.07, 6.45) is 2.71. The van der Waals surface area contributed by atoms with Crippen LogP contribution in [0.15, 0.2) is 18.2 Å². The highest BCUT2D eigenvalue weighted by atomic mass is 16.5. The van der Waals surface area contributed by atoms with Gasteiger partial charge in [-0.3, -0.25) is 0 Å². The van der Waals surface area contributed by atoms with Crippen molar-refractivity contribution < 1.29 is 9.84 Å². The molecule has 3 N–H and O–H groups in total. The van der Waals surface area contributed by atoms with Crippen LogP contribution in [0.4, 0.5) is 0 Å². The lowest BCUT2D eigenvalue weighted by Gasteiger charge is -2.07. The first-order valence-electron chi connectivity index (χ1n) is 7.23. The molecule has 0 aliphatic heterocycles. The van der Waals surface area contributed by atoms with E-state index >= 15 is 0 Å². The molecule has 20 heavy (non-hydrogen) atoms. The molecule has 1 aromatic heterocycles. The van der Waals surface area contributed by atoms with Crippen LogP contribution >= 0.6 is 0 Å². The largest absolute Gasteiger partial charge is 0.494 e. The zero-order valence-corrected chi connectivity index (χ0v) is 12.0. The maximum atomic E-state index is 9.22. The Hall–Kier alpha value is -1.59. The summed E-state index contributed by atoms with van der Waals surface area (Å²) in [6.45, 7) is 4.11. The van der Waals surface area contributed by atoms with E-state index in [0.717, 1.165) is 41.9 Å². The van der Waals surface area contributed by atoms with E-state index in [1.807, 2.05) is 18.2 Å². The Balaban J connectivity index is 2.33. The molecular weight excluding hydrogens is 254 g/mol. The smallest absolute Gasteiger partial charge is 0.121 e. The molecule has 110 valence electrons. The molecule has 0 spiro atoms. The van der Waals surface area contributed by atoms with Gasteiger partial charge in [0.15, 0.2) is 0 Å². The summed E-state index contributed by atoms with van der Waals surface area (Å²) >= 11 is 0. The van der Waals surface area contributed by atoms with E-state index in [-0.39, 0.29) is 6.61 Å². The molecule has 2 aromatic rings. The van der Waals surface area contributed by atoms with Gasteiger partial charge in [-0.1, -0.05) is 6.92 Å². The van der Waals surface area contributed by atoms with Crippen molar-refractivity contribution in [3.8, 4) is 5.75 Å². The maximum absolute atomic E-state index is 9.22. The maximum Gasteiger partial charge on any atom is 0.121 e. The van der Waals surface area contributed by atoms with Gasteiger partial charge in [0.1, 0.15) is 11.6 Å². The lowest BCUT2D eigenvalue weighted by atomic mass is 10.3. The minimum atomic E-state index is 0.106. The van der Waals surface area contributed by atoms with Crippen LogP contribution in [-0.4, -0.2) is 34.4 Å². The minimum absolute atomic E-state index is 0.106. The van der Waals surface area contributed by atoms with E-state index in [0.29, 0.717) is 19.7 Å². The molecule has 0 aliphatic rings. The third-order valence-corrected chi connectivity index (χ3v) is 3.20. The molecule has 0 atom stereocenters. The Morgan fingerprint density at radius 3 is 2.95 bits per heavy atom. The Kier molecular flexibility index (Phi) is 5.38. The monoisotopic (exact) mass is 277 g/mol. The summed E-state index contributed by atoms with van der Waals surface area (Å²) in [6, 6.07) is 5.93. The molecule has 0 amide bonds. The Morgan fingerprint density at radius 1 is 1.40 bits per heavy atom. The second-order valence-corrected chi connectivity index (χ2v) is 4.79. The topological polar surface area (TPSA) is 73.3 Å². The average Bonchev–Trinajstić information content (AvgIpc) is 2.80. The number of nitrogens with zero attached hydrogens (tertiary/aromatic N) is 2. The fraction of sp³-hybridized carbons (Fsp3) is 0.533. The summed E-state index contributed by atoms with van der Waals surface area (Å²) in [7, 11) is 0. The second kappa shape index (κ2) is 7.26. The van der Waals surface area contributed by atoms with Gasteiger partial charge in [0.05, 0.1) is 24.2 Å². The van der Waals surface area contributed by atoms with Gasteiger partial charge in [-0.25, -0.2) is 4.98 Å². The van der Waals surface area contributed by atoms with Crippen LogP contribution in [0, 0.1) is 0 Å². The van der Waals surface area contributed by atoms with Gasteiger partial charge in [-0.15, -0.1) is 0 Å². The van der Waals surface area contributed by atoms with Gasteiger partial charge in [0.2, 0.25) is 0 Å². The van der Waals surface area contributed by atoms with Gasteiger partial charge in [-0.05, 0) is 31.5 Å². The number of nitrogens with two attached hydrogens (primary N) is 1. The summed E-state index contributed by atoms with van der Waals surface area (Å²) in [5.74, 6) is 1.82. The van der Waals surface area contributed by atoms with Crippen LogP contribution in [0.5, 0.6) is 5.75 Å². The number of benzene rings is 1. The quantitative estimate of drug-likeness (QED) is 0.770. The first-order valence-corrected chi connectivity index (χ1v) is 7.23. The normalized spacial score (nSPS) is 11.2. The number of ether oxygens (including phenoxy) is 1. The fourth-order valence-electron chi connectivity index (χ4n) is 2.27. The molecule has 1 heterocycles. The first kappa shape index (κ1) is 14.8. The number of hydrogen-bond donors (Lipinski definition) is 2. The summed E-state index contributed by atoms with van der Waals surface area (Å²) in [5, 5.41) is 9.22. The zero-order chi connectivity index (χ0) is 14.4. The Bertz CT molecular complexity index is 551. The van der Waals surface area contributed by atoms with Crippen LogP contribution in [0.1, 0.15) is 25.6 Å². The molecule has 5 nitrogen and oxygen atoms in total. The average molecular weight is 277 g/mol. The van der Waals surface area contributed by atoms with Crippen LogP contribution < -0.4 is 10.5 Å². The Morgan fingerprint density at radius 2 is 2.25 bits per heavy atom. The number of fused-ring (bicyclic) bond motifs is 1. The van der Waals surface area contributed by atoms with Gasteiger partial charge in [0, 0.05) is 19.0 Å². The molecule has 0 saturated carbocycles. The Labute approximate surface area is 119 Å². The van der Waals surface area contributed by atoms with E-state index < -0.39 is 0 Å². The molecule has 0 saturated heterocycles. The second-order valence-electron chi connectivity index (χ2n) is 4.79. The number of aryl methyl sites for hydroxylation is 1. The number of rotatable bonds is 8. The minimum Gasteiger partial charge on any atom is -0.494 e. The highest BCUT2D eigenvalue weighted by Gasteiger charge is 2.10. The third kappa shape index (κ3) is 3.29. The standard InChI is InChI=1S/C15H23N3O2/c1-2-10-20-12-5-6-14-13(11-12)17-15(4-3-7-16)18(14)8-9-19/h5-6,11,19H,2-4,7-10,16H2,1H3. The van der Waals surface area contributed by atoms with Crippen molar-refractivity contribution in [2.24, 2.45) is 5.73 Å². The number of hydrogen-bond acceptors (Lipinski definition) is 4. The van der Waals surface area contributed by atoms with E-state index in [9.17, 15) is 5.11 Å². The number of aliphatic hydroxyl groups excluding tert-OH is 1. The van der Waals surface area contributed by atoms with Crippen molar-refractivity contribution in [3.05, 3.63) is 24.0 Å². The highest BCUT2D eigenvalue weighted by Crippen LogP contribution is 2.22. The highest BCUT2D eigenvalue weighted by molar-refractivity contribution is 5.77. The van der Waals surface area contributed by atoms with Crippen LogP contribution in [0.3, 0.4) is 0 Å². The van der Waals surface area contributed by atoms with Crippen molar-refractivity contribution >= 4 is 11.0 Å². The SMILES string of the molecule is CCCOc1ccc2c(c1)nc(CCCN)n2CCO. The van der Waals surface area contributed by atoms with Crippen molar-refractivity contribution in [2.75, 3.05) is 19.8 Å². The molecule has 0 unspecified atom stereocenters.